The Balaban J connectivity index is 2.14. The highest BCUT2D eigenvalue weighted by molar-refractivity contribution is 7.99. The van der Waals surface area contributed by atoms with Gasteiger partial charge in [0.2, 0.25) is 5.91 Å². The van der Waals surface area contributed by atoms with Crippen LogP contribution in [0.1, 0.15) is 33.2 Å². The molecular weight excluding hydrogens is 366 g/mol. The summed E-state index contributed by atoms with van der Waals surface area (Å²) in [6.07, 6.45) is 0. The van der Waals surface area contributed by atoms with Crippen LogP contribution in [-0.2, 0) is 20.0 Å². The third-order valence-corrected chi connectivity index (χ3v) is 5.03. The molecule has 0 aliphatic heterocycles. The molecule has 0 bridgehead atoms. The van der Waals surface area contributed by atoms with E-state index >= 15 is 0 Å². The first-order valence-corrected chi connectivity index (χ1v) is 9.28. The number of hydrogen-bond donors (Lipinski definition) is 1. The maximum absolute atomic E-state index is 12.5. The molecule has 0 aromatic heterocycles. The van der Waals surface area contributed by atoms with Gasteiger partial charge < -0.3 is 14.8 Å². The molecule has 0 unspecified atom stereocenters. The largest absolute Gasteiger partial charge is 0.465 e. The summed E-state index contributed by atoms with van der Waals surface area (Å²) in [5.41, 5.74) is 1.72. The molecule has 2 aromatic rings. The van der Waals surface area contributed by atoms with Gasteiger partial charge in [-0.1, -0.05) is 30.3 Å². The van der Waals surface area contributed by atoms with Crippen LogP contribution in [0.4, 0.5) is 5.69 Å². The van der Waals surface area contributed by atoms with Gasteiger partial charge in [-0.3, -0.25) is 4.79 Å². The maximum atomic E-state index is 12.5. The number of methoxy groups -OCH3 is 2. The van der Waals surface area contributed by atoms with Crippen molar-refractivity contribution in [2.24, 2.45) is 0 Å². The predicted octanol–water partition coefficient (Wildman–Crippen LogP) is 3.52. The van der Waals surface area contributed by atoms with E-state index in [9.17, 15) is 14.4 Å². The molecule has 142 valence electrons. The van der Waals surface area contributed by atoms with E-state index in [0.717, 1.165) is 5.56 Å². The van der Waals surface area contributed by atoms with E-state index in [4.69, 9.17) is 4.74 Å². The van der Waals surface area contributed by atoms with E-state index in [1.165, 1.54) is 44.2 Å². The van der Waals surface area contributed by atoms with Crippen LogP contribution in [0, 0.1) is 0 Å². The first-order chi connectivity index (χ1) is 13.0. The number of nitrogens with one attached hydrogen (secondary N) is 1. The molecule has 1 N–H and O–H groups in total. The highest BCUT2D eigenvalue weighted by atomic mass is 32.2. The number of carbonyl (C=O) groups excluding carboxylic acids is 3. The van der Waals surface area contributed by atoms with Crippen molar-refractivity contribution in [2.45, 2.75) is 17.9 Å². The third-order valence-electron chi connectivity index (χ3n) is 3.82. The zero-order valence-electron chi connectivity index (χ0n) is 15.4. The quantitative estimate of drug-likeness (QED) is 0.732. The van der Waals surface area contributed by atoms with E-state index in [0.29, 0.717) is 5.75 Å². The number of benzene rings is 2. The van der Waals surface area contributed by atoms with Gasteiger partial charge in [0.15, 0.2) is 0 Å². The second kappa shape index (κ2) is 9.78. The predicted molar refractivity (Wildman–Crippen MR) is 105 cm³/mol. The van der Waals surface area contributed by atoms with Crippen LogP contribution >= 0.6 is 11.8 Å². The summed E-state index contributed by atoms with van der Waals surface area (Å²) < 4.78 is 9.43. The molecule has 2 aromatic carbocycles. The van der Waals surface area contributed by atoms with E-state index in [1.807, 2.05) is 30.3 Å². The summed E-state index contributed by atoms with van der Waals surface area (Å²) in [6, 6.07) is 14.1. The van der Waals surface area contributed by atoms with Crippen LogP contribution < -0.4 is 5.32 Å². The normalized spacial score (nSPS) is 11.4. The highest BCUT2D eigenvalue weighted by Crippen LogP contribution is 2.23. The molecule has 0 fully saturated rings. The lowest BCUT2D eigenvalue weighted by Gasteiger charge is -2.15. The lowest BCUT2D eigenvalue weighted by Crippen LogP contribution is -2.24. The fourth-order valence-corrected chi connectivity index (χ4v) is 3.13. The van der Waals surface area contributed by atoms with Crippen molar-refractivity contribution in [2.75, 3.05) is 19.5 Å². The summed E-state index contributed by atoms with van der Waals surface area (Å²) in [5.74, 6) is -0.760. The van der Waals surface area contributed by atoms with Crippen LogP contribution in [0.2, 0.25) is 0 Å². The summed E-state index contributed by atoms with van der Waals surface area (Å²) >= 11 is 1.47. The van der Waals surface area contributed by atoms with Gasteiger partial charge in [-0.2, -0.15) is 0 Å². The molecule has 27 heavy (non-hydrogen) atoms. The Bertz CT molecular complexity index is 822. The number of hydrogen-bond acceptors (Lipinski definition) is 6. The molecule has 1 atom stereocenters. The van der Waals surface area contributed by atoms with Crippen molar-refractivity contribution in [1.29, 1.82) is 0 Å². The van der Waals surface area contributed by atoms with E-state index in [2.05, 4.69) is 10.1 Å². The molecule has 0 heterocycles. The van der Waals surface area contributed by atoms with Crippen LogP contribution in [0.3, 0.4) is 0 Å². The molecule has 6 nitrogen and oxygen atoms in total. The number of anilines is 1. The summed E-state index contributed by atoms with van der Waals surface area (Å²) in [5, 5.41) is 2.35. The maximum Gasteiger partial charge on any atom is 0.339 e. The van der Waals surface area contributed by atoms with Crippen molar-refractivity contribution in [1.82, 2.24) is 0 Å². The minimum atomic E-state index is -0.605. The van der Waals surface area contributed by atoms with Crippen LogP contribution in [0.5, 0.6) is 0 Å². The van der Waals surface area contributed by atoms with Crippen LogP contribution in [-0.4, -0.2) is 37.3 Å². The van der Waals surface area contributed by atoms with Gasteiger partial charge in [-0.25, -0.2) is 9.59 Å². The first kappa shape index (κ1) is 20.5. The lowest BCUT2D eigenvalue weighted by molar-refractivity contribution is -0.115. The second-order valence-electron chi connectivity index (χ2n) is 5.67. The van der Waals surface area contributed by atoms with Gasteiger partial charge in [-0.15, -0.1) is 11.8 Å². The molecule has 0 saturated heterocycles. The Hall–Kier alpha value is -2.80. The molecule has 0 saturated carbocycles. The Morgan fingerprint density at radius 2 is 1.67 bits per heavy atom. The van der Waals surface area contributed by atoms with Crippen LogP contribution in [0.15, 0.2) is 48.5 Å². The van der Waals surface area contributed by atoms with Gasteiger partial charge in [0.05, 0.1) is 36.3 Å². The number of ether oxygens (including phenoxy) is 2. The van der Waals surface area contributed by atoms with Gasteiger partial charge in [0, 0.05) is 5.75 Å². The zero-order valence-corrected chi connectivity index (χ0v) is 16.2. The molecule has 0 aliphatic rings. The lowest BCUT2D eigenvalue weighted by atomic mass is 10.1. The molecule has 7 heteroatoms. The molecule has 0 spiro atoms. The number of rotatable bonds is 7. The fraction of sp³-hybridized carbons (Fsp3) is 0.250. The van der Waals surface area contributed by atoms with E-state index in [1.54, 1.807) is 6.92 Å². The number of esters is 2. The smallest absolute Gasteiger partial charge is 0.339 e. The average molecular weight is 387 g/mol. The fourth-order valence-electron chi connectivity index (χ4n) is 2.29. The summed E-state index contributed by atoms with van der Waals surface area (Å²) in [7, 11) is 2.51. The summed E-state index contributed by atoms with van der Waals surface area (Å²) in [6.45, 7) is 1.78. The second-order valence-corrected chi connectivity index (χ2v) is 7.00. The topological polar surface area (TPSA) is 81.7 Å². The number of carbonyl (C=O) groups is 3. The highest BCUT2D eigenvalue weighted by Gasteiger charge is 2.20. The van der Waals surface area contributed by atoms with Gasteiger partial charge in [0.25, 0.3) is 0 Å². The van der Waals surface area contributed by atoms with Crippen molar-refractivity contribution in [3.63, 3.8) is 0 Å². The monoisotopic (exact) mass is 387 g/mol. The molecule has 1 amide bonds. The van der Waals surface area contributed by atoms with Crippen molar-refractivity contribution in [3.8, 4) is 0 Å². The van der Waals surface area contributed by atoms with E-state index in [-0.39, 0.29) is 28.0 Å². The Labute approximate surface area is 162 Å². The van der Waals surface area contributed by atoms with Crippen molar-refractivity contribution < 1.29 is 23.9 Å². The average Bonchev–Trinajstić information content (AvgIpc) is 2.71. The molecule has 0 radical (unpaired) electrons. The van der Waals surface area contributed by atoms with E-state index < -0.39 is 11.9 Å². The van der Waals surface area contributed by atoms with Gasteiger partial charge in [0.1, 0.15) is 0 Å². The molecular formula is C20H21NO5S. The standard InChI is InChI=1S/C20H21NO5S/c1-13(27-12-14-7-5-4-6-8-14)18(22)21-17-11-15(19(23)25-2)9-10-16(17)20(24)26-3/h4-11,13H,12H2,1-3H3,(H,21,22)/t13-/m1/s1. The van der Waals surface area contributed by atoms with Crippen LogP contribution in [0.25, 0.3) is 0 Å². The third kappa shape index (κ3) is 5.59. The Kier molecular flexibility index (Phi) is 7.43. The number of amides is 1. The van der Waals surface area contributed by atoms with Gasteiger partial charge >= 0.3 is 11.9 Å². The van der Waals surface area contributed by atoms with Crippen molar-refractivity contribution in [3.05, 3.63) is 65.2 Å². The minimum Gasteiger partial charge on any atom is -0.465 e. The minimum absolute atomic E-state index is 0.166. The molecule has 2 rings (SSSR count). The number of thioether (sulfide) groups is 1. The Morgan fingerprint density at radius 3 is 2.30 bits per heavy atom. The Morgan fingerprint density at radius 1 is 1.00 bits per heavy atom. The molecule has 0 aliphatic carbocycles. The van der Waals surface area contributed by atoms with Gasteiger partial charge in [-0.05, 0) is 30.7 Å². The van der Waals surface area contributed by atoms with Crippen molar-refractivity contribution >= 4 is 35.3 Å². The first-order valence-electron chi connectivity index (χ1n) is 8.23. The summed E-state index contributed by atoms with van der Waals surface area (Å²) in [4.78, 5) is 36.2. The zero-order chi connectivity index (χ0) is 19.8. The SMILES string of the molecule is COC(=O)c1ccc(C(=O)OC)c(NC(=O)[C@@H](C)SCc2ccccc2)c1.